The van der Waals surface area contributed by atoms with Crippen LogP contribution in [0, 0.1) is 12.7 Å². The number of fused-ring (bicyclic) bond motifs is 1. The Kier molecular flexibility index (Phi) is 3.35. The molecular formula is C15H22FN3. The van der Waals surface area contributed by atoms with E-state index in [0.29, 0.717) is 17.3 Å². The molecule has 1 aromatic rings. The quantitative estimate of drug-likeness (QED) is 0.806. The molecule has 104 valence electrons. The number of nitrogens with two attached hydrogens (primary N) is 1. The number of hydrogen-bond donors (Lipinski definition) is 2. The molecule has 2 heterocycles. The number of anilines is 2. The highest BCUT2D eigenvalue weighted by atomic mass is 19.1. The van der Waals surface area contributed by atoms with Crippen LogP contribution in [0.2, 0.25) is 0 Å². The predicted octanol–water partition coefficient (Wildman–Crippen LogP) is 2.76. The van der Waals surface area contributed by atoms with Crippen molar-refractivity contribution in [3.8, 4) is 0 Å². The average Bonchev–Trinajstić information content (AvgIpc) is 2.83. The zero-order valence-corrected chi connectivity index (χ0v) is 11.5. The van der Waals surface area contributed by atoms with Crippen molar-refractivity contribution in [1.82, 2.24) is 4.90 Å². The predicted molar refractivity (Wildman–Crippen MR) is 76.8 cm³/mol. The average molecular weight is 263 g/mol. The van der Waals surface area contributed by atoms with Crippen LogP contribution in [-0.2, 0) is 0 Å². The molecule has 2 unspecified atom stereocenters. The zero-order valence-electron chi connectivity index (χ0n) is 11.5. The van der Waals surface area contributed by atoms with E-state index in [2.05, 4.69) is 10.2 Å². The van der Waals surface area contributed by atoms with Gasteiger partial charge in [-0.1, -0.05) is 0 Å². The van der Waals surface area contributed by atoms with Gasteiger partial charge < -0.3 is 16.0 Å². The van der Waals surface area contributed by atoms with Crippen LogP contribution in [0.15, 0.2) is 12.1 Å². The molecule has 2 aliphatic heterocycles. The third-order valence-electron chi connectivity index (χ3n) is 4.51. The molecule has 0 radical (unpaired) electrons. The van der Waals surface area contributed by atoms with Gasteiger partial charge in [-0.3, -0.25) is 0 Å². The lowest BCUT2D eigenvalue weighted by atomic mass is 9.97. The minimum Gasteiger partial charge on any atom is -0.397 e. The number of nitrogens with one attached hydrogen (secondary N) is 1. The zero-order chi connectivity index (χ0) is 13.4. The third kappa shape index (κ3) is 2.54. The van der Waals surface area contributed by atoms with Crippen molar-refractivity contribution >= 4 is 11.4 Å². The summed E-state index contributed by atoms with van der Waals surface area (Å²) in [4.78, 5) is 2.59. The first kappa shape index (κ1) is 12.7. The van der Waals surface area contributed by atoms with Crippen LogP contribution in [0.5, 0.6) is 0 Å². The van der Waals surface area contributed by atoms with Crippen molar-refractivity contribution in [3.05, 3.63) is 23.5 Å². The van der Waals surface area contributed by atoms with Crippen molar-refractivity contribution in [3.63, 3.8) is 0 Å². The Hall–Kier alpha value is -1.29. The number of rotatable bonds is 2. The lowest BCUT2D eigenvalue weighted by Gasteiger charge is -2.35. The van der Waals surface area contributed by atoms with E-state index >= 15 is 0 Å². The molecule has 0 aliphatic carbocycles. The fourth-order valence-corrected chi connectivity index (χ4v) is 3.40. The van der Waals surface area contributed by atoms with Crippen molar-refractivity contribution in [2.45, 2.75) is 44.7 Å². The second kappa shape index (κ2) is 5.00. The van der Waals surface area contributed by atoms with Gasteiger partial charge in [0.05, 0.1) is 11.4 Å². The Labute approximate surface area is 114 Å². The molecule has 19 heavy (non-hydrogen) atoms. The molecule has 3 rings (SSSR count). The lowest BCUT2D eigenvalue weighted by Crippen LogP contribution is -2.42. The van der Waals surface area contributed by atoms with Gasteiger partial charge in [0.1, 0.15) is 5.82 Å². The Morgan fingerprint density at radius 2 is 2.16 bits per heavy atom. The van der Waals surface area contributed by atoms with Crippen molar-refractivity contribution in [2.24, 2.45) is 0 Å². The Morgan fingerprint density at radius 1 is 1.32 bits per heavy atom. The summed E-state index contributed by atoms with van der Waals surface area (Å²) in [5.41, 5.74) is 7.95. The van der Waals surface area contributed by atoms with E-state index in [1.165, 1.54) is 38.4 Å². The van der Waals surface area contributed by atoms with Gasteiger partial charge in [0.2, 0.25) is 0 Å². The van der Waals surface area contributed by atoms with E-state index < -0.39 is 0 Å². The number of benzene rings is 1. The topological polar surface area (TPSA) is 41.3 Å². The normalized spacial score (nSPS) is 27.3. The van der Waals surface area contributed by atoms with Crippen LogP contribution in [0.1, 0.15) is 31.2 Å². The number of aryl methyl sites for hydroxylation is 1. The highest BCUT2D eigenvalue weighted by Gasteiger charge is 2.31. The van der Waals surface area contributed by atoms with Crippen LogP contribution in [0.3, 0.4) is 0 Å². The minimum atomic E-state index is -0.228. The summed E-state index contributed by atoms with van der Waals surface area (Å²) in [5, 5.41) is 3.51. The van der Waals surface area contributed by atoms with Crippen LogP contribution in [0.25, 0.3) is 0 Å². The molecule has 3 N–H and O–H groups in total. The van der Waals surface area contributed by atoms with Gasteiger partial charge in [-0.05, 0) is 56.8 Å². The van der Waals surface area contributed by atoms with E-state index in [0.717, 1.165) is 18.2 Å². The van der Waals surface area contributed by atoms with Gasteiger partial charge in [-0.2, -0.15) is 0 Å². The molecule has 2 aliphatic rings. The summed E-state index contributed by atoms with van der Waals surface area (Å²) in [7, 11) is 0. The maximum absolute atomic E-state index is 13.4. The second-order valence-electron chi connectivity index (χ2n) is 5.89. The van der Waals surface area contributed by atoms with E-state index in [1.54, 1.807) is 6.92 Å². The summed E-state index contributed by atoms with van der Waals surface area (Å²) in [6.07, 6.45) is 4.97. The molecule has 1 aromatic carbocycles. The molecule has 2 saturated heterocycles. The van der Waals surface area contributed by atoms with Crippen molar-refractivity contribution in [1.29, 1.82) is 0 Å². The SMILES string of the molecule is Cc1cc(NC2CCN3CCCC3C2)c(N)cc1F. The first-order valence-electron chi connectivity index (χ1n) is 7.19. The van der Waals surface area contributed by atoms with Gasteiger partial charge in [0.25, 0.3) is 0 Å². The third-order valence-corrected chi connectivity index (χ3v) is 4.51. The molecule has 0 aromatic heterocycles. The highest BCUT2D eigenvalue weighted by Crippen LogP contribution is 2.30. The molecule has 2 fully saturated rings. The summed E-state index contributed by atoms with van der Waals surface area (Å²) in [6, 6.07) is 4.44. The number of nitrogens with zero attached hydrogens (tertiary/aromatic N) is 1. The molecule has 4 heteroatoms. The van der Waals surface area contributed by atoms with Gasteiger partial charge in [0, 0.05) is 18.6 Å². The molecule has 3 nitrogen and oxygen atoms in total. The maximum Gasteiger partial charge on any atom is 0.128 e. The number of hydrogen-bond acceptors (Lipinski definition) is 3. The van der Waals surface area contributed by atoms with Crippen molar-refractivity contribution in [2.75, 3.05) is 24.1 Å². The van der Waals surface area contributed by atoms with Crippen LogP contribution in [0.4, 0.5) is 15.8 Å². The van der Waals surface area contributed by atoms with Gasteiger partial charge in [-0.15, -0.1) is 0 Å². The number of halogens is 1. The Morgan fingerprint density at radius 3 is 3.00 bits per heavy atom. The van der Waals surface area contributed by atoms with E-state index in [9.17, 15) is 4.39 Å². The monoisotopic (exact) mass is 263 g/mol. The first-order valence-corrected chi connectivity index (χ1v) is 7.19. The van der Waals surface area contributed by atoms with E-state index in [-0.39, 0.29) is 5.82 Å². The highest BCUT2D eigenvalue weighted by molar-refractivity contribution is 5.67. The maximum atomic E-state index is 13.4. The Bertz CT molecular complexity index is 475. The smallest absolute Gasteiger partial charge is 0.128 e. The molecule has 0 spiro atoms. The fourth-order valence-electron chi connectivity index (χ4n) is 3.40. The molecule has 0 bridgehead atoms. The summed E-state index contributed by atoms with van der Waals surface area (Å²) in [6.45, 7) is 4.21. The number of piperidine rings is 1. The van der Waals surface area contributed by atoms with Crippen molar-refractivity contribution < 1.29 is 4.39 Å². The van der Waals surface area contributed by atoms with E-state index in [1.807, 2.05) is 6.07 Å². The molecular weight excluding hydrogens is 241 g/mol. The Balaban J connectivity index is 1.70. The second-order valence-corrected chi connectivity index (χ2v) is 5.89. The van der Waals surface area contributed by atoms with Crippen LogP contribution < -0.4 is 11.1 Å². The van der Waals surface area contributed by atoms with Gasteiger partial charge in [-0.25, -0.2) is 4.39 Å². The van der Waals surface area contributed by atoms with Gasteiger partial charge in [0.15, 0.2) is 0 Å². The fraction of sp³-hybridized carbons (Fsp3) is 0.600. The van der Waals surface area contributed by atoms with Gasteiger partial charge >= 0.3 is 0 Å². The minimum absolute atomic E-state index is 0.228. The number of nitrogen functional groups attached to an aromatic ring is 1. The summed E-state index contributed by atoms with van der Waals surface area (Å²) in [5.74, 6) is -0.228. The summed E-state index contributed by atoms with van der Waals surface area (Å²) < 4.78 is 13.4. The molecule has 2 atom stereocenters. The van der Waals surface area contributed by atoms with Crippen LogP contribution >= 0.6 is 0 Å². The standard InChI is InChI=1S/C15H22FN3/c1-10-7-15(14(17)9-13(10)16)18-11-4-6-19-5-2-3-12(19)8-11/h7,9,11-12,18H,2-6,8,17H2,1H3. The lowest BCUT2D eigenvalue weighted by molar-refractivity contribution is 0.188. The molecule has 0 amide bonds. The summed E-state index contributed by atoms with van der Waals surface area (Å²) >= 11 is 0. The van der Waals surface area contributed by atoms with E-state index in [4.69, 9.17) is 5.73 Å². The first-order chi connectivity index (χ1) is 9.13. The largest absolute Gasteiger partial charge is 0.397 e. The molecule has 0 saturated carbocycles. The van der Waals surface area contributed by atoms with Crippen LogP contribution in [-0.4, -0.2) is 30.1 Å².